The Morgan fingerprint density at radius 1 is 1.10 bits per heavy atom. The van der Waals surface area contributed by atoms with Gasteiger partial charge in [-0.3, -0.25) is 4.79 Å². The third-order valence-electron chi connectivity index (χ3n) is 5.88. The Morgan fingerprint density at radius 3 is 2.60 bits per heavy atom. The summed E-state index contributed by atoms with van der Waals surface area (Å²) in [6, 6.07) is 17.4. The van der Waals surface area contributed by atoms with Crippen molar-refractivity contribution in [1.82, 2.24) is 4.90 Å². The Balaban J connectivity index is 1.31. The van der Waals surface area contributed by atoms with E-state index in [-0.39, 0.29) is 18.1 Å². The van der Waals surface area contributed by atoms with E-state index in [0.717, 1.165) is 49.7 Å². The molecule has 5 heteroatoms. The highest BCUT2D eigenvalue weighted by Gasteiger charge is 2.23. The molecule has 1 amide bonds. The largest absolute Gasteiger partial charge is 0.484 e. The zero-order valence-electron chi connectivity index (χ0n) is 17.3. The molecular weight excluding hydrogens is 378 g/mol. The minimum atomic E-state index is -0.369. The van der Waals surface area contributed by atoms with Crippen LogP contribution in [-0.2, 0) is 17.6 Å². The van der Waals surface area contributed by atoms with Crippen molar-refractivity contribution in [3.05, 3.63) is 76.1 Å². The Morgan fingerprint density at radius 2 is 1.87 bits per heavy atom. The van der Waals surface area contributed by atoms with E-state index in [1.807, 2.05) is 30.0 Å². The zero-order valence-corrected chi connectivity index (χ0v) is 17.3. The molecule has 156 valence electrons. The molecule has 1 aliphatic heterocycles. The zero-order chi connectivity index (χ0) is 20.9. The number of amides is 1. The van der Waals surface area contributed by atoms with Crippen LogP contribution < -0.4 is 10.4 Å². The molecule has 1 aromatic heterocycles. The van der Waals surface area contributed by atoms with Gasteiger partial charge in [-0.05, 0) is 54.9 Å². The first-order chi connectivity index (χ1) is 14.6. The molecule has 0 bridgehead atoms. The lowest BCUT2D eigenvalue weighted by Gasteiger charge is -2.32. The van der Waals surface area contributed by atoms with Crippen molar-refractivity contribution < 1.29 is 13.9 Å². The standard InChI is InChI=1S/C25H27NO4/c1-2-20-15-25(28)30-23-16-21(8-9-22(20)23)29-17-24(27)26-12-10-19(11-13-26)14-18-6-4-3-5-7-18/h3-9,15-16,19H,2,10-14,17H2,1H3. The average Bonchev–Trinajstić information content (AvgIpc) is 2.77. The third kappa shape index (κ3) is 4.73. The lowest BCUT2D eigenvalue weighted by atomic mass is 9.90. The van der Waals surface area contributed by atoms with Gasteiger partial charge in [0.1, 0.15) is 11.3 Å². The van der Waals surface area contributed by atoms with Crippen LogP contribution >= 0.6 is 0 Å². The molecule has 5 nitrogen and oxygen atoms in total. The van der Waals surface area contributed by atoms with Gasteiger partial charge in [0.15, 0.2) is 6.61 Å². The normalized spacial score (nSPS) is 14.8. The van der Waals surface area contributed by atoms with Crippen LogP contribution in [0.1, 0.15) is 30.9 Å². The lowest BCUT2D eigenvalue weighted by molar-refractivity contribution is -0.134. The first-order valence-corrected chi connectivity index (χ1v) is 10.6. The van der Waals surface area contributed by atoms with Crippen LogP contribution in [0.15, 0.2) is 63.8 Å². The average molecular weight is 405 g/mol. The molecule has 0 radical (unpaired) electrons. The van der Waals surface area contributed by atoms with Crippen molar-refractivity contribution in [3.63, 3.8) is 0 Å². The summed E-state index contributed by atoms with van der Waals surface area (Å²) in [5, 5.41) is 0.899. The number of fused-ring (bicyclic) bond motifs is 1. The van der Waals surface area contributed by atoms with Crippen LogP contribution in [-0.4, -0.2) is 30.5 Å². The highest BCUT2D eigenvalue weighted by Crippen LogP contribution is 2.24. The summed E-state index contributed by atoms with van der Waals surface area (Å²) in [7, 11) is 0. The number of nitrogens with zero attached hydrogens (tertiary/aromatic N) is 1. The topological polar surface area (TPSA) is 59.8 Å². The van der Waals surface area contributed by atoms with Crippen molar-refractivity contribution >= 4 is 16.9 Å². The Kier molecular flexibility index (Phi) is 6.17. The molecule has 2 heterocycles. The Labute approximate surface area is 176 Å². The minimum Gasteiger partial charge on any atom is -0.484 e. The molecular formula is C25H27NO4. The molecule has 1 aliphatic rings. The molecule has 0 aliphatic carbocycles. The molecule has 1 fully saturated rings. The van der Waals surface area contributed by atoms with Crippen molar-refractivity contribution in [3.8, 4) is 5.75 Å². The van der Waals surface area contributed by atoms with Gasteiger partial charge >= 0.3 is 5.63 Å². The van der Waals surface area contributed by atoms with Gasteiger partial charge in [-0.25, -0.2) is 4.79 Å². The van der Waals surface area contributed by atoms with Crippen molar-refractivity contribution in [2.75, 3.05) is 19.7 Å². The molecule has 0 N–H and O–H groups in total. The number of rotatable bonds is 6. The van der Waals surface area contributed by atoms with Gasteiger partial charge in [0.25, 0.3) is 5.91 Å². The van der Waals surface area contributed by atoms with Crippen LogP contribution in [0.25, 0.3) is 11.0 Å². The van der Waals surface area contributed by atoms with Crippen LogP contribution in [0.3, 0.4) is 0 Å². The fourth-order valence-corrected chi connectivity index (χ4v) is 4.16. The van der Waals surface area contributed by atoms with E-state index in [2.05, 4.69) is 24.3 Å². The van der Waals surface area contributed by atoms with Gasteiger partial charge < -0.3 is 14.1 Å². The molecule has 4 rings (SSSR count). The number of piperidine rings is 1. The Hall–Kier alpha value is -3.08. The first-order valence-electron chi connectivity index (χ1n) is 10.6. The van der Waals surface area contributed by atoms with E-state index in [1.165, 1.54) is 11.6 Å². The van der Waals surface area contributed by atoms with Crippen LogP contribution in [0.5, 0.6) is 5.75 Å². The number of hydrogen-bond acceptors (Lipinski definition) is 4. The SMILES string of the molecule is CCc1cc(=O)oc2cc(OCC(=O)N3CCC(Cc4ccccc4)CC3)ccc12. The predicted octanol–water partition coefficient (Wildman–Crippen LogP) is 4.22. The van der Waals surface area contributed by atoms with Gasteiger partial charge in [-0.1, -0.05) is 37.3 Å². The molecule has 0 atom stereocenters. The van der Waals surface area contributed by atoms with E-state index < -0.39 is 0 Å². The van der Waals surface area contributed by atoms with E-state index in [0.29, 0.717) is 17.3 Å². The van der Waals surface area contributed by atoms with E-state index in [1.54, 1.807) is 6.07 Å². The summed E-state index contributed by atoms with van der Waals surface area (Å²) < 4.78 is 11.0. The molecule has 0 spiro atoms. The second-order valence-electron chi connectivity index (χ2n) is 7.90. The highest BCUT2D eigenvalue weighted by atomic mass is 16.5. The quantitative estimate of drug-likeness (QED) is 0.576. The van der Waals surface area contributed by atoms with Gasteiger partial charge in [0.05, 0.1) is 0 Å². The van der Waals surface area contributed by atoms with E-state index in [4.69, 9.17) is 9.15 Å². The van der Waals surface area contributed by atoms with Crippen LogP contribution in [0, 0.1) is 5.92 Å². The first kappa shape index (κ1) is 20.2. The number of carbonyl (C=O) groups is 1. The number of hydrogen-bond donors (Lipinski definition) is 0. The lowest BCUT2D eigenvalue weighted by Crippen LogP contribution is -2.41. The highest BCUT2D eigenvalue weighted by molar-refractivity contribution is 5.82. The van der Waals surface area contributed by atoms with E-state index in [9.17, 15) is 9.59 Å². The number of aryl methyl sites for hydroxylation is 1. The number of carbonyl (C=O) groups excluding carboxylic acids is 1. The predicted molar refractivity (Wildman–Crippen MR) is 117 cm³/mol. The molecule has 2 aromatic carbocycles. The fraction of sp³-hybridized carbons (Fsp3) is 0.360. The molecule has 30 heavy (non-hydrogen) atoms. The molecule has 0 saturated carbocycles. The summed E-state index contributed by atoms with van der Waals surface area (Å²) in [6.07, 6.45) is 3.85. The van der Waals surface area contributed by atoms with Gasteiger partial charge in [-0.2, -0.15) is 0 Å². The summed E-state index contributed by atoms with van der Waals surface area (Å²) >= 11 is 0. The van der Waals surface area contributed by atoms with Gasteiger partial charge in [0, 0.05) is 30.6 Å². The number of ether oxygens (including phenoxy) is 1. The van der Waals surface area contributed by atoms with Crippen molar-refractivity contribution in [2.45, 2.75) is 32.6 Å². The maximum atomic E-state index is 12.6. The Bertz CT molecular complexity index is 1070. The molecule has 1 saturated heterocycles. The fourth-order valence-electron chi connectivity index (χ4n) is 4.16. The number of likely N-dealkylation sites (tertiary alicyclic amines) is 1. The maximum Gasteiger partial charge on any atom is 0.336 e. The monoisotopic (exact) mass is 405 g/mol. The van der Waals surface area contributed by atoms with E-state index >= 15 is 0 Å². The van der Waals surface area contributed by atoms with Gasteiger partial charge in [0.2, 0.25) is 0 Å². The maximum absolute atomic E-state index is 12.6. The third-order valence-corrected chi connectivity index (χ3v) is 5.88. The van der Waals surface area contributed by atoms with Crippen LogP contribution in [0.4, 0.5) is 0 Å². The molecule has 0 unspecified atom stereocenters. The summed E-state index contributed by atoms with van der Waals surface area (Å²) in [6.45, 7) is 3.53. The van der Waals surface area contributed by atoms with Gasteiger partial charge in [-0.15, -0.1) is 0 Å². The summed E-state index contributed by atoms with van der Waals surface area (Å²) in [5.41, 5.74) is 2.43. The smallest absolute Gasteiger partial charge is 0.336 e. The number of benzene rings is 2. The van der Waals surface area contributed by atoms with Crippen LogP contribution in [0.2, 0.25) is 0 Å². The van der Waals surface area contributed by atoms with Crippen molar-refractivity contribution in [2.24, 2.45) is 5.92 Å². The second kappa shape index (κ2) is 9.16. The second-order valence-corrected chi connectivity index (χ2v) is 7.90. The summed E-state index contributed by atoms with van der Waals surface area (Å²) in [5.74, 6) is 1.15. The molecule has 3 aromatic rings. The van der Waals surface area contributed by atoms with Crippen molar-refractivity contribution in [1.29, 1.82) is 0 Å². The minimum absolute atomic E-state index is 0.00276. The summed E-state index contributed by atoms with van der Waals surface area (Å²) in [4.78, 5) is 26.2.